The van der Waals surface area contributed by atoms with Crippen LogP contribution in [0.4, 0.5) is 5.69 Å². The second-order valence-electron chi connectivity index (χ2n) is 4.50. The lowest BCUT2D eigenvalue weighted by Gasteiger charge is -2.06. The summed E-state index contributed by atoms with van der Waals surface area (Å²) in [5.41, 5.74) is 4.88. The first-order chi connectivity index (χ1) is 10.1. The molecule has 0 fully saturated rings. The molecule has 0 saturated carbocycles. The minimum absolute atomic E-state index is 0.149. The van der Waals surface area contributed by atoms with Crippen molar-refractivity contribution in [3.8, 4) is 5.75 Å². The number of phenols is 1. The van der Waals surface area contributed by atoms with Crippen molar-refractivity contribution < 1.29 is 9.90 Å². The van der Waals surface area contributed by atoms with Gasteiger partial charge >= 0.3 is 0 Å². The highest BCUT2D eigenvalue weighted by molar-refractivity contribution is 5.99. The number of anilines is 1. The van der Waals surface area contributed by atoms with E-state index in [1.54, 1.807) is 31.2 Å². The number of hydrogen-bond donors (Lipinski definition) is 3. The molecule has 0 bridgehead atoms. The van der Waals surface area contributed by atoms with E-state index in [1.165, 1.54) is 0 Å². The van der Waals surface area contributed by atoms with Crippen LogP contribution in [0.3, 0.4) is 0 Å². The van der Waals surface area contributed by atoms with Gasteiger partial charge in [0, 0.05) is 5.69 Å². The van der Waals surface area contributed by atoms with Crippen molar-refractivity contribution in [2.45, 2.75) is 6.92 Å². The highest BCUT2D eigenvalue weighted by Crippen LogP contribution is 2.10. The minimum Gasteiger partial charge on any atom is -0.508 e. The van der Waals surface area contributed by atoms with Gasteiger partial charge in [0.15, 0.2) is 0 Å². The van der Waals surface area contributed by atoms with Crippen LogP contribution >= 0.6 is 0 Å². The summed E-state index contributed by atoms with van der Waals surface area (Å²) in [7, 11) is 0. The molecule has 21 heavy (non-hydrogen) atoms. The van der Waals surface area contributed by atoms with E-state index in [9.17, 15) is 9.90 Å². The fourth-order valence-corrected chi connectivity index (χ4v) is 1.69. The molecule has 3 N–H and O–H groups in total. The Morgan fingerprint density at radius 3 is 2.43 bits per heavy atom. The number of nitrogens with zero attached hydrogens (tertiary/aromatic N) is 1. The van der Waals surface area contributed by atoms with E-state index in [1.807, 2.05) is 30.3 Å². The summed E-state index contributed by atoms with van der Waals surface area (Å²) >= 11 is 0. The lowest BCUT2D eigenvalue weighted by atomic mass is 10.1. The van der Waals surface area contributed by atoms with Gasteiger partial charge in [0.1, 0.15) is 5.75 Å². The standard InChI is InChI=1S/C16H17N3O2/c1-12(13-7-9-15(20)10-8-13)18-19-16(21)11-17-14-5-3-2-4-6-14/h2-10,17,20H,11H2,1H3,(H,19,21)/b18-12+. The summed E-state index contributed by atoms with van der Waals surface area (Å²) in [4.78, 5) is 11.7. The Labute approximate surface area is 123 Å². The molecule has 0 aliphatic heterocycles. The summed E-state index contributed by atoms with van der Waals surface area (Å²) in [5.74, 6) is -0.0281. The second-order valence-corrected chi connectivity index (χ2v) is 4.50. The first-order valence-electron chi connectivity index (χ1n) is 6.56. The number of nitrogens with one attached hydrogen (secondary N) is 2. The number of hydrazone groups is 1. The maximum Gasteiger partial charge on any atom is 0.259 e. The van der Waals surface area contributed by atoms with Crippen LogP contribution in [-0.2, 0) is 4.79 Å². The number of benzene rings is 2. The average Bonchev–Trinajstić information content (AvgIpc) is 2.52. The van der Waals surface area contributed by atoms with E-state index >= 15 is 0 Å². The zero-order valence-corrected chi connectivity index (χ0v) is 11.7. The quantitative estimate of drug-likeness (QED) is 0.582. The van der Waals surface area contributed by atoms with E-state index < -0.39 is 0 Å². The van der Waals surface area contributed by atoms with Crippen LogP contribution in [0.25, 0.3) is 0 Å². The predicted molar refractivity (Wildman–Crippen MR) is 83.4 cm³/mol. The number of para-hydroxylation sites is 1. The van der Waals surface area contributed by atoms with Crippen LogP contribution in [0.5, 0.6) is 5.75 Å². The van der Waals surface area contributed by atoms with Crippen molar-refractivity contribution in [1.29, 1.82) is 0 Å². The molecule has 2 rings (SSSR count). The molecule has 0 unspecified atom stereocenters. The number of hydrogen-bond acceptors (Lipinski definition) is 4. The lowest BCUT2D eigenvalue weighted by Crippen LogP contribution is -2.26. The van der Waals surface area contributed by atoms with Crippen LogP contribution in [0, 0.1) is 0 Å². The molecule has 0 saturated heterocycles. The first-order valence-corrected chi connectivity index (χ1v) is 6.56. The molecule has 2 aromatic rings. The van der Waals surface area contributed by atoms with Crippen molar-refractivity contribution >= 4 is 17.3 Å². The Bertz CT molecular complexity index is 622. The van der Waals surface area contributed by atoms with Gasteiger partial charge in [-0.1, -0.05) is 18.2 Å². The van der Waals surface area contributed by atoms with E-state index in [4.69, 9.17) is 0 Å². The molecule has 5 nitrogen and oxygen atoms in total. The van der Waals surface area contributed by atoms with Gasteiger partial charge < -0.3 is 10.4 Å². The molecule has 2 aromatic carbocycles. The molecule has 108 valence electrons. The van der Waals surface area contributed by atoms with Gasteiger partial charge in [-0.25, -0.2) is 5.43 Å². The summed E-state index contributed by atoms with van der Waals surface area (Å²) in [6.45, 7) is 1.94. The predicted octanol–water partition coefficient (Wildman–Crippen LogP) is 2.34. The first kappa shape index (κ1) is 14.6. The van der Waals surface area contributed by atoms with E-state index in [-0.39, 0.29) is 18.2 Å². The van der Waals surface area contributed by atoms with E-state index in [0.717, 1.165) is 11.3 Å². The SMILES string of the molecule is C/C(=N\NC(=O)CNc1ccccc1)c1ccc(O)cc1. The van der Waals surface area contributed by atoms with Crippen LogP contribution < -0.4 is 10.7 Å². The average molecular weight is 283 g/mol. The smallest absolute Gasteiger partial charge is 0.259 e. The lowest BCUT2D eigenvalue weighted by molar-refractivity contribution is -0.119. The third-order valence-electron chi connectivity index (χ3n) is 2.86. The molecule has 0 aromatic heterocycles. The molecule has 0 atom stereocenters. The molecule has 0 aliphatic rings. The molecule has 0 heterocycles. The highest BCUT2D eigenvalue weighted by Gasteiger charge is 2.01. The van der Waals surface area contributed by atoms with Crippen LogP contribution in [0.2, 0.25) is 0 Å². The van der Waals surface area contributed by atoms with Gasteiger partial charge in [0.25, 0.3) is 5.91 Å². The number of carbonyl (C=O) groups is 1. The van der Waals surface area contributed by atoms with Gasteiger partial charge in [0.2, 0.25) is 0 Å². The van der Waals surface area contributed by atoms with Crippen LogP contribution in [0.15, 0.2) is 59.7 Å². The molecule has 0 aliphatic carbocycles. The second kappa shape index (κ2) is 7.09. The normalized spacial score (nSPS) is 11.0. The fraction of sp³-hybridized carbons (Fsp3) is 0.125. The highest BCUT2D eigenvalue weighted by atomic mass is 16.3. The molecule has 5 heteroatoms. The maximum atomic E-state index is 11.7. The molecule has 0 spiro atoms. The van der Waals surface area contributed by atoms with Gasteiger partial charge in [-0.05, 0) is 48.9 Å². The molecule has 1 amide bonds. The van der Waals surface area contributed by atoms with Crippen molar-refractivity contribution in [3.05, 3.63) is 60.2 Å². The monoisotopic (exact) mass is 283 g/mol. The Balaban J connectivity index is 1.85. The zero-order valence-electron chi connectivity index (χ0n) is 11.7. The fourth-order valence-electron chi connectivity index (χ4n) is 1.69. The number of amides is 1. The van der Waals surface area contributed by atoms with Gasteiger partial charge in [-0.15, -0.1) is 0 Å². The Morgan fingerprint density at radius 1 is 1.10 bits per heavy atom. The van der Waals surface area contributed by atoms with E-state index in [0.29, 0.717) is 5.71 Å². The van der Waals surface area contributed by atoms with Crippen molar-refractivity contribution in [2.24, 2.45) is 5.10 Å². The van der Waals surface area contributed by atoms with E-state index in [2.05, 4.69) is 15.8 Å². The van der Waals surface area contributed by atoms with Crippen molar-refractivity contribution in [2.75, 3.05) is 11.9 Å². The summed E-state index contributed by atoms with van der Waals surface area (Å²) in [6, 6.07) is 16.1. The number of carbonyl (C=O) groups excluding carboxylic acids is 1. The minimum atomic E-state index is -0.225. The van der Waals surface area contributed by atoms with Crippen LogP contribution in [0.1, 0.15) is 12.5 Å². The van der Waals surface area contributed by atoms with Gasteiger partial charge in [-0.2, -0.15) is 5.10 Å². The summed E-state index contributed by atoms with van der Waals surface area (Å²) < 4.78 is 0. The maximum absolute atomic E-state index is 11.7. The molecular weight excluding hydrogens is 266 g/mol. The Kier molecular flexibility index (Phi) is 4.93. The van der Waals surface area contributed by atoms with Crippen molar-refractivity contribution in [1.82, 2.24) is 5.43 Å². The number of phenolic OH excluding ortho intramolecular Hbond substituents is 1. The van der Waals surface area contributed by atoms with Crippen molar-refractivity contribution in [3.63, 3.8) is 0 Å². The van der Waals surface area contributed by atoms with Gasteiger partial charge in [0.05, 0.1) is 12.3 Å². The molecular formula is C16H17N3O2. The third kappa shape index (κ3) is 4.65. The Morgan fingerprint density at radius 2 is 1.76 bits per heavy atom. The van der Waals surface area contributed by atoms with Crippen LogP contribution in [-0.4, -0.2) is 23.3 Å². The summed E-state index contributed by atoms with van der Waals surface area (Å²) in [6.07, 6.45) is 0. The number of aromatic hydroxyl groups is 1. The number of rotatable bonds is 5. The van der Waals surface area contributed by atoms with Gasteiger partial charge in [-0.3, -0.25) is 4.79 Å². The summed E-state index contributed by atoms with van der Waals surface area (Å²) in [5, 5.41) is 16.2. The third-order valence-corrected chi connectivity index (χ3v) is 2.86. The Hall–Kier alpha value is -2.82. The zero-order chi connectivity index (χ0) is 15.1. The largest absolute Gasteiger partial charge is 0.508 e. The topological polar surface area (TPSA) is 73.7 Å². The molecule has 0 radical (unpaired) electrons.